The summed E-state index contributed by atoms with van der Waals surface area (Å²) < 4.78 is 1.60. The van der Waals surface area contributed by atoms with E-state index in [2.05, 4.69) is 15.6 Å². The SMILES string of the molecule is Cc1ccc(-n2cc(C(=O)NCC(C)C)nn2)cc1. The molecule has 0 radical (unpaired) electrons. The lowest BCUT2D eigenvalue weighted by Crippen LogP contribution is -2.27. The zero-order valence-corrected chi connectivity index (χ0v) is 11.4. The number of hydrogen-bond acceptors (Lipinski definition) is 3. The van der Waals surface area contributed by atoms with Crippen LogP contribution < -0.4 is 5.32 Å². The zero-order chi connectivity index (χ0) is 13.8. The van der Waals surface area contributed by atoms with Gasteiger partial charge in [-0.15, -0.1) is 5.10 Å². The van der Waals surface area contributed by atoms with Gasteiger partial charge < -0.3 is 5.32 Å². The summed E-state index contributed by atoms with van der Waals surface area (Å²) in [5.41, 5.74) is 2.40. The Labute approximate surface area is 112 Å². The number of amides is 1. The molecule has 1 amide bonds. The van der Waals surface area contributed by atoms with Crippen LogP contribution in [0.15, 0.2) is 30.5 Å². The number of rotatable bonds is 4. The van der Waals surface area contributed by atoms with Crippen LogP contribution in [0.2, 0.25) is 0 Å². The molecule has 0 bridgehead atoms. The van der Waals surface area contributed by atoms with E-state index in [1.54, 1.807) is 10.9 Å². The molecule has 19 heavy (non-hydrogen) atoms. The summed E-state index contributed by atoms with van der Waals surface area (Å²) in [5, 5.41) is 10.7. The van der Waals surface area contributed by atoms with Gasteiger partial charge in [0.15, 0.2) is 5.69 Å². The van der Waals surface area contributed by atoms with Gasteiger partial charge in [-0.25, -0.2) is 4.68 Å². The van der Waals surface area contributed by atoms with Crippen molar-refractivity contribution in [3.63, 3.8) is 0 Å². The fraction of sp³-hybridized carbons (Fsp3) is 0.357. The number of hydrogen-bond donors (Lipinski definition) is 1. The van der Waals surface area contributed by atoms with E-state index in [1.807, 2.05) is 45.0 Å². The predicted octanol–water partition coefficient (Wildman–Crippen LogP) is 1.96. The number of nitrogens with one attached hydrogen (secondary N) is 1. The van der Waals surface area contributed by atoms with Gasteiger partial charge in [0.1, 0.15) is 0 Å². The van der Waals surface area contributed by atoms with Crippen LogP contribution in [-0.4, -0.2) is 27.4 Å². The topological polar surface area (TPSA) is 59.8 Å². The second-order valence-corrected chi connectivity index (χ2v) is 4.99. The Morgan fingerprint density at radius 3 is 2.63 bits per heavy atom. The third-order valence-corrected chi connectivity index (χ3v) is 2.70. The summed E-state index contributed by atoms with van der Waals surface area (Å²) in [6.07, 6.45) is 1.64. The quantitative estimate of drug-likeness (QED) is 0.912. The minimum atomic E-state index is -0.188. The van der Waals surface area contributed by atoms with Crippen LogP contribution in [0.25, 0.3) is 5.69 Å². The summed E-state index contributed by atoms with van der Waals surface area (Å²) in [7, 11) is 0. The first-order chi connectivity index (χ1) is 9.06. The fourth-order valence-electron chi connectivity index (χ4n) is 1.58. The van der Waals surface area contributed by atoms with Crippen LogP contribution in [-0.2, 0) is 0 Å². The molecule has 2 aromatic rings. The molecule has 5 nitrogen and oxygen atoms in total. The largest absolute Gasteiger partial charge is 0.350 e. The Morgan fingerprint density at radius 1 is 1.32 bits per heavy atom. The lowest BCUT2D eigenvalue weighted by molar-refractivity contribution is 0.0944. The molecule has 100 valence electrons. The first kappa shape index (κ1) is 13.3. The second-order valence-electron chi connectivity index (χ2n) is 4.99. The van der Waals surface area contributed by atoms with Crippen molar-refractivity contribution >= 4 is 5.91 Å². The predicted molar refractivity (Wildman–Crippen MR) is 73.3 cm³/mol. The number of aryl methyl sites for hydroxylation is 1. The summed E-state index contributed by atoms with van der Waals surface area (Å²) >= 11 is 0. The maximum atomic E-state index is 11.8. The minimum absolute atomic E-state index is 0.188. The Kier molecular flexibility index (Phi) is 3.94. The molecule has 0 unspecified atom stereocenters. The van der Waals surface area contributed by atoms with Gasteiger partial charge in [-0.3, -0.25) is 4.79 Å². The second kappa shape index (κ2) is 5.65. The van der Waals surface area contributed by atoms with Crippen LogP contribution in [0.5, 0.6) is 0 Å². The molecule has 0 spiro atoms. The van der Waals surface area contributed by atoms with Gasteiger partial charge in [-0.1, -0.05) is 36.8 Å². The number of nitrogens with zero attached hydrogens (tertiary/aromatic N) is 3. The first-order valence-electron chi connectivity index (χ1n) is 6.34. The molecule has 0 saturated heterocycles. The van der Waals surface area contributed by atoms with E-state index >= 15 is 0 Å². The number of carbonyl (C=O) groups is 1. The van der Waals surface area contributed by atoms with E-state index in [4.69, 9.17) is 0 Å². The molecule has 1 aromatic heterocycles. The monoisotopic (exact) mass is 258 g/mol. The fourth-order valence-corrected chi connectivity index (χ4v) is 1.58. The van der Waals surface area contributed by atoms with Crippen LogP contribution in [0.3, 0.4) is 0 Å². The van der Waals surface area contributed by atoms with Crippen molar-refractivity contribution in [2.24, 2.45) is 5.92 Å². The van der Waals surface area contributed by atoms with Crippen molar-refractivity contribution in [2.75, 3.05) is 6.54 Å². The molecule has 2 rings (SSSR count). The number of benzene rings is 1. The molecular weight excluding hydrogens is 240 g/mol. The molecule has 5 heteroatoms. The van der Waals surface area contributed by atoms with Gasteiger partial charge in [-0.2, -0.15) is 0 Å². The van der Waals surface area contributed by atoms with Gasteiger partial charge in [0, 0.05) is 6.54 Å². The Hall–Kier alpha value is -2.17. The first-order valence-corrected chi connectivity index (χ1v) is 6.34. The van der Waals surface area contributed by atoms with E-state index in [1.165, 1.54) is 5.56 Å². The van der Waals surface area contributed by atoms with Crippen molar-refractivity contribution in [3.05, 3.63) is 41.7 Å². The third-order valence-electron chi connectivity index (χ3n) is 2.70. The summed E-state index contributed by atoms with van der Waals surface area (Å²) in [6, 6.07) is 7.88. The Morgan fingerprint density at radius 2 is 2.00 bits per heavy atom. The highest BCUT2D eigenvalue weighted by Gasteiger charge is 2.11. The Bertz CT molecular complexity index is 557. The Balaban J connectivity index is 2.10. The maximum absolute atomic E-state index is 11.8. The number of aromatic nitrogens is 3. The average molecular weight is 258 g/mol. The third kappa shape index (κ3) is 3.40. The van der Waals surface area contributed by atoms with Gasteiger partial charge in [0.05, 0.1) is 11.9 Å². The van der Waals surface area contributed by atoms with E-state index < -0.39 is 0 Å². The molecule has 0 aliphatic carbocycles. The van der Waals surface area contributed by atoms with E-state index in [-0.39, 0.29) is 5.91 Å². The molecule has 0 atom stereocenters. The van der Waals surface area contributed by atoms with Crippen molar-refractivity contribution in [3.8, 4) is 5.69 Å². The molecule has 0 aliphatic rings. The van der Waals surface area contributed by atoms with E-state index in [0.717, 1.165) is 5.69 Å². The van der Waals surface area contributed by atoms with Crippen LogP contribution >= 0.6 is 0 Å². The summed E-state index contributed by atoms with van der Waals surface area (Å²) in [5.74, 6) is 0.225. The number of carbonyl (C=O) groups excluding carboxylic acids is 1. The lowest BCUT2D eigenvalue weighted by Gasteiger charge is -2.04. The molecule has 0 saturated carbocycles. The van der Waals surface area contributed by atoms with Crippen LogP contribution in [0, 0.1) is 12.8 Å². The minimum Gasteiger partial charge on any atom is -0.350 e. The lowest BCUT2D eigenvalue weighted by atomic mass is 10.2. The molecule has 1 heterocycles. The highest BCUT2D eigenvalue weighted by Crippen LogP contribution is 2.08. The molecular formula is C14H18N4O. The maximum Gasteiger partial charge on any atom is 0.273 e. The average Bonchev–Trinajstić information content (AvgIpc) is 2.86. The van der Waals surface area contributed by atoms with Crippen LogP contribution in [0.1, 0.15) is 29.9 Å². The zero-order valence-electron chi connectivity index (χ0n) is 11.4. The van der Waals surface area contributed by atoms with E-state index in [0.29, 0.717) is 18.2 Å². The molecule has 0 aliphatic heterocycles. The van der Waals surface area contributed by atoms with Crippen molar-refractivity contribution in [1.29, 1.82) is 0 Å². The molecule has 0 fully saturated rings. The molecule has 1 aromatic carbocycles. The van der Waals surface area contributed by atoms with Crippen molar-refractivity contribution < 1.29 is 4.79 Å². The van der Waals surface area contributed by atoms with Gasteiger partial charge in [0.2, 0.25) is 0 Å². The highest BCUT2D eigenvalue weighted by atomic mass is 16.2. The van der Waals surface area contributed by atoms with Crippen LogP contribution in [0.4, 0.5) is 0 Å². The highest BCUT2D eigenvalue weighted by molar-refractivity contribution is 5.91. The van der Waals surface area contributed by atoms with E-state index in [9.17, 15) is 4.79 Å². The smallest absolute Gasteiger partial charge is 0.273 e. The normalized spacial score (nSPS) is 10.7. The van der Waals surface area contributed by atoms with Crippen molar-refractivity contribution in [1.82, 2.24) is 20.3 Å². The molecule has 1 N–H and O–H groups in total. The summed E-state index contributed by atoms with van der Waals surface area (Å²) in [6.45, 7) is 6.75. The standard InChI is InChI=1S/C14H18N4O/c1-10(2)8-15-14(19)13-9-18(17-16-13)12-6-4-11(3)5-7-12/h4-7,9-10H,8H2,1-3H3,(H,15,19). The van der Waals surface area contributed by atoms with Crippen molar-refractivity contribution in [2.45, 2.75) is 20.8 Å². The summed E-state index contributed by atoms with van der Waals surface area (Å²) in [4.78, 5) is 11.8. The van der Waals surface area contributed by atoms with Gasteiger partial charge >= 0.3 is 0 Å². The van der Waals surface area contributed by atoms with Gasteiger partial charge in [0.25, 0.3) is 5.91 Å². The van der Waals surface area contributed by atoms with Gasteiger partial charge in [-0.05, 0) is 25.0 Å².